The Kier molecular flexibility index (Phi) is 8.36. The molecule has 0 saturated heterocycles. The van der Waals surface area contributed by atoms with Gasteiger partial charge in [-0.1, -0.05) is 6.07 Å². The molecule has 0 radical (unpaired) electrons. The molecule has 0 saturated carbocycles. The van der Waals surface area contributed by atoms with E-state index in [4.69, 9.17) is 0 Å². The maximum absolute atomic E-state index is 4.66. The summed E-state index contributed by atoms with van der Waals surface area (Å²) in [5.41, 5.74) is 2.13. The molecule has 0 aromatic carbocycles. The van der Waals surface area contributed by atoms with Crippen molar-refractivity contribution >= 4 is 41.3 Å². The Morgan fingerprint density at radius 2 is 2.00 bits per heavy atom. The van der Waals surface area contributed by atoms with E-state index < -0.39 is 0 Å². The van der Waals surface area contributed by atoms with Crippen molar-refractivity contribution in [3.63, 3.8) is 0 Å². The van der Waals surface area contributed by atoms with Gasteiger partial charge in [0.2, 0.25) is 0 Å². The average molecular weight is 511 g/mol. The second kappa shape index (κ2) is 10.5. The molecule has 7 nitrogen and oxygen atoms in total. The number of guanidine groups is 1. The Balaban J connectivity index is 0.00000280. The highest BCUT2D eigenvalue weighted by Gasteiger charge is 2.06. The predicted molar refractivity (Wildman–Crippen MR) is 125 cm³/mol. The van der Waals surface area contributed by atoms with E-state index in [1.165, 1.54) is 4.88 Å². The smallest absolute Gasteiger partial charge is 0.191 e. The number of rotatable bonds is 6. The third-order valence-corrected chi connectivity index (χ3v) is 5.13. The van der Waals surface area contributed by atoms with E-state index in [9.17, 15) is 0 Å². The van der Waals surface area contributed by atoms with Crippen LogP contribution < -0.4 is 10.6 Å². The standard InChI is InChI=1S/C19H25N7S.HI/c1-5-20-19(24-12-17-13(2)25-15(4)27-17)23-11-16-6-7-18(22-10-16)26-9-8-21-14(26)3;/h6-10H,5,11-12H2,1-4H3,(H2,20,23,24);1H. The van der Waals surface area contributed by atoms with Crippen molar-refractivity contribution in [2.75, 3.05) is 6.54 Å². The molecule has 0 aliphatic heterocycles. The number of imidazole rings is 1. The van der Waals surface area contributed by atoms with Gasteiger partial charge in [-0.2, -0.15) is 0 Å². The second-order valence-corrected chi connectivity index (χ2v) is 7.45. The lowest BCUT2D eigenvalue weighted by Gasteiger charge is -2.11. The molecule has 3 rings (SSSR count). The van der Waals surface area contributed by atoms with Crippen LogP contribution in [0.3, 0.4) is 0 Å². The number of nitrogens with zero attached hydrogens (tertiary/aromatic N) is 5. The molecule has 3 heterocycles. The zero-order chi connectivity index (χ0) is 19.2. The minimum Gasteiger partial charge on any atom is -0.357 e. The molecule has 9 heteroatoms. The number of aryl methyl sites for hydroxylation is 3. The Morgan fingerprint density at radius 3 is 2.57 bits per heavy atom. The molecule has 28 heavy (non-hydrogen) atoms. The van der Waals surface area contributed by atoms with Gasteiger partial charge >= 0.3 is 0 Å². The van der Waals surface area contributed by atoms with Crippen LogP contribution in [0.1, 0.15) is 33.9 Å². The summed E-state index contributed by atoms with van der Waals surface area (Å²) >= 11 is 1.72. The number of hydrogen-bond donors (Lipinski definition) is 2. The quantitative estimate of drug-likeness (QED) is 0.301. The molecular formula is C19H26IN7S. The summed E-state index contributed by atoms with van der Waals surface area (Å²) in [5, 5.41) is 7.75. The fourth-order valence-corrected chi connectivity index (χ4v) is 3.56. The third kappa shape index (κ3) is 5.74. The average Bonchev–Trinajstić information content (AvgIpc) is 3.22. The van der Waals surface area contributed by atoms with Crippen molar-refractivity contribution in [2.24, 2.45) is 4.99 Å². The normalized spacial score (nSPS) is 11.2. The third-order valence-electron chi connectivity index (χ3n) is 4.06. The van der Waals surface area contributed by atoms with Crippen molar-refractivity contribution in [3.8, 4) is 5.82 Å². The largest absolute Gasteiger partial charge is 0.357 e. The van der Waals surface area contributed by atoms with E-state index in [-0.39, 0.29) is 24.0 Å². The molecule has 2 N–H and O–H groups in total. The van der Waals surface area contributed by atoms with Gasteiger partial charge in [0.1, 0.15) is 11.6 Å². The van der Waals surface area contributed by atoms with Crippen molar-refractivity contribution in [3.05, 3.63) is 57.7 Å². The minimum atomic E-state index is 0. The zero-order valence-electron chi connectivity index (χ0n) is 16.6. The van der Waals surface area contributed by atoms with Crippen LogP contribution >= 0.6 is 35.3 Å². The van der Waals surface area contributed by atoms with Crippen LogP contribution in [0.5, 0.6) is 0 Å². The SMILES string of the molecule is CCNC(=NCc1ccc(-n2ccnc2C)nc1)NCc1sc(C)nc1C.I. The molecule has 0 amide bonds. The Morgan fingerprint density at radius 1 is 1.18 bits per heavy atom. The molecule has 0 aliphatic rings. The molecule has 0 spiro atoms. The summed E-state index contributed by atoms with van der Waals surface area (Å²) < 4.78 is 1.96. The van der Waals surface area contributed by atoms with Crippen LogP contribution in [0.15, 0.2) is 35.7 Å². The molecule has 0 unspecified atom stereocenters. The van der Waals surface area contributed by atoms with E-state index in [0.29, 0.717) is 6.54 Å². The Hall–Kier alpha value is -2.01. The first-order chi connectivity index (χ1) is 13.1. The van der Waals surface area contributed by atoms with Gasteiger partial charge in [-0.3, -0.25) is 4.57 Å². The zero-order valence-corrected chi connectivity index (χ0v) is 19.7. The number of pyridine rings is 1. The number of nitrogens with one attached hydrogen (secondary N) is 2. The van der Waals surface area contributed by atoms with Gasteiger partial charge in [0, 0.05) is 30.0 Å². The Labute approximate surface area is 186 Å². The van der Waals surface area contributed by atoms with Gasteiger partial charge < -0.3 is 10.6 Å². The lowest BCUT2D eigenvalue weighted by Crippen LogP contribution is -2.36. The van der Waals surface area contributed by atoms with Gasteiger partial charge in [0.25, 0.3) is 0 Å². The monoisotopic (exact) mass is 511 g/mol. The maximum Gasteiger partial charge on any atom is 0.191 e. The summed E-state index contributed by atoms with van der Waals surface area (Å²) in [7, 11) is 0. The maximum atomic E-state index is 4.66. The molecule has 0 bridgehead atoms. The van der Waals surface area contributed by atoms with Crippen LogP contribution in [0.4, 0.5) is 0 Å². The van der Waals surface area contributed by atoms with Crippen LogP contribution in [0.2, 0.25) is 0 Å². The molecular weight excluding hydrogens is 485 g/mol. The minimum absolute atomic E-state index is 0. The highest BCUT2D eigenvalue weighted by molar-refractivity contribution is 14.0. The van der Waals surface area contributed by atoms with E-state index in [1.54, 1.807) is 17.5 Å². The summed E-state index contributed by atoms with van der Waals surface area (Å²) in [6, 6.07) is 4.04. The first-order valence-electron chi connectivity index (χ1n) is 8.97. The molecule has 150 valence electrons. The Bertz CT molecular complexity index is 915. The number of hydrogen-bond acceptors (Lipinski definition) is 5. The highest BCUT2D eigenvalue weighted by atomic mass is 127. The molecule has 3 aromatic rings. The molecule has 0 fully saturated rings. The lowest BCUT2D eigenvalue weighted by molar-refractivity contribution is 0.817. The lowest BCUT2D eigenvalue weighted by atomic mass is 10.3. The van der Waals surface area contributed by atoms with Crippen LogP contribution in [-0.2, 0) is 13.1 Å². The van der Waals surface area contributed by atoms with Crippen molar-refractivity contribution in [2.45, 2.75) is 40.8 Å². The van der Waals surface area contributed by atoms with E-state index >= 15 is 0 Å². The van der Waals surface area contributed by atoms with Crippen molar-refractivity contribution < 1.29 is 0 Å². The summed E-state index contributed by atoms with van der Waals surface area (Å²) in [4.78, 5) is 19.1. The van der Waals surface area contributed by atoms with Crippen LogP contribution in [-0.4, -0.2) is 32.0 Å². The van der Waals surface area contributed by atoms with Gasteiger partial charge in [-0.25, -0.2) is 19.9 Å². The van der Waals surface area contributed by atoms with Crippen molar-refractivity contribution in [1.82, 2.24) is 30.2 Å². The highest BCUT2D eigenvalue weighted by Crippen LogP contribution is 2.16. The van der Waals surface area contributed by atoms with E-state index in [1.807, 2.05) is 49.9 Å². The van der Waals surface area contributed by atoms with Crippen LogP contribution in [0, 0.1) is 20.8 Å². The van der Waals surface area contributed by atoms with Gasteiger partial charge in [0.15, 0.2) is 5.96 Å². The number of aromatic nitrogens is 4. The number of thiazole rings is 1. The van der Waals surface area contributed by atoms with E-state index in [0.717, 1.165) is 47.0 Å². The second-order valence-electron chi connectivity index (χ2n) is 6.16. The van der Waals surface area contributed by atoms with Crippen molar-refractivity contribution in [1.29, 1.82) is 0 Å². The summed E-state index contributed by atoms with van der Waals surface area (Å²) in [6.45, 7) is 10.2. The van der Waals surface area contributed by atoms with Gasteiger partial charge in [0.05, 0.1) is 23.8 Å². The first kappa shape index (κ1) is 22.3. The van der Waals surface area contributed by atoms with Gasteiger partial charge in [-0.05, 0) is 39.3 Å². The van der Waals surface area contributed by atoms with Gasteiger partial charge in [-0.15, -0.1) is 35.3 Å². The molecule has 0 aliphatic carbocycles. The fourth-order valence-electron chi connectivity index (χ4n) is 2.69. The first-order valence-corrected chi connectivity index (χ1v) is 9.78. The van der Waals surface area contributed by atoms with E-state index in [2.05, 4.69) is 37.5 Å². The molecule has 3 aromatic heterocycles. The predicted octanol–water partition coefficient (Wildman–Crippen LogP) is 3.52. The number of aliphatic imine (C=N–C) groups is 1. The van der Waals surface area contributed by atoms with Crippen LogP contribution in [0.25, 0.3) is 5.82 Å². The summed E-state index contributed by atoms with van der Waals surface area (Å²) in [5.74, 6) is 2.57. The summed E-state index contributed by atoms with van der Waals surface area (Å²) in [6.07, 6.45) is 5.54. The topological polar surface area (TPSA) is 80.0 Å². The fraction of sp³-hybridized carbons (Fsp3) is 0.368. The number of halogens is 1. The molecule has 0 atom stereocenters.